The number of anilines is 2. The first-order chi connectivity index (χ1) is 16.3. The summed E-state index contributed by atoms with van der Waals surface area (Å²) in [5.41, 5.74) is 10.0. The van der Waals surface area contributed by atoms with Gasteiger partial charge in [0.15, 0.2) is 5.82 Å². The molecule has 5 rings (SSSR count). The molecule has 0 bridgehead atoms. The number of hydrogen-bond donors (Lipinski definition) is 3. The summed E-state index contributed by atoms with van der Waals surface area (Å²) >= 11 is 0. The second-order valence-electron chi connectivity index (χ2n) is 8.70. The number of H-pyrrole nitrogens is 1. The highest BCUT2D eigenvalue weighted by Gasteiger charge is 2.27. The maximum atomic E-state index is 14.5. The van der Waals surface area contributed by atoms with E-state index in [2.05, 4.69) is 25.2 Å². The Morgan fingerprint density at radius 2 is 1.77 bits per heavy atom. The number of nitrogens with two attached hydrogens (primary N) is 1. The molecule has 6 nitrogen and oxygen atoms in total. The number of nitrogens with one attached hydrogen (secondary N) is 2. The summed E-state index contributed by atoms with van der Waals surface area (Å²) in [6.07, 6.45) is 3.28. The molecule has 4 N–H and O–H groups in total. The van der Waals surface area contributed by atoms with E-state index in [1.54, 1.807) is 13.2 Å². The van der Waals surface area contributed by atoms with Crippen molar-refractivity contribution in [1.82, 2.24) is 15.0 Å². The van der Waals surface area contributed by atoms with Gasteiger partial charge >= 0.3 is 0 Å². The minimum Gasteiger partial charge on any atom is -0.372 e. The van der Waals surface area contributed by atoms with Gasteiger partial charge in [-0.1, -0.05) is 6.07 Å². The molecule has 1 aliphatic rings. The van der Waals surface area contributed by atoms with Crippen molar-refractivity contribution in [2.24, 2.45) is 5.73 Å². The fourth-order valence-electron chi connectivity index (χ4n) is 4.63. The van der Waals surface area contributed by atoms with E-state index >= 15 is 0 Å². The van der Waals surface area contributed by atoms with E-state index in [1.165, 1.54) is 18.2 Å². The number of aromatic amines is 1. The smallest absolute Gasteiger partial charge is 0.151 e. The number of nitrogens with zero attached hydrogens (tertiary/aromatic N) is 3. The first-order valence-corrected chi connectivity index (χ1v) is 11.2. The van der Waals surface area contributed by atoms with Crippen molar-refractivity contribution in [2.75, 3.05) is 30.4 Å². The molecule has 0 amide bonds. The highest BCUT2D eigenvalue weighted by atomic mass is 35.5. The molecule has 2 aromatic carbocycles. The lowest BCUT2D eigenvalue weighted by Gasteiger charge is -2.35. The summed E-state index contributed by atoms with van der Waals surface area (Å²) in [4.78, 5) is 14.3. The summed E-state index contributed by atoms with van der Waals surface area (Å²) in [5, 5.41) is 3.09. The third-order valence-electron chi connectivity index (χ3n) is 6.24. The van der Waals surface area contributed by atoms with E-state index in [4.69, 9.17) is 5.73 Å². The van der Waals surface area contributed by atoms with Crippen LogP contribution in [0.3, 0.4) is 0 Å². The number of fused-ring (bicyclic) bond motifs is 1. The average Bonchev–Trinajstić information content (AvgIpc) is 3.22. The molecule has 1 fully saturated rings. The highest BCUT2D eigenvalue weighted by molar-refractivity contribution is 5.96. The SMILES string of the molecule is CNc1ncc(-c2cc(C)cc(F)c2)c(N2CCC(N)CC2)c1-c1nc2cc(F)cc(F)c2[nH]1.Cl. The molecule has 1 aliphatic heterocycles. The zero-order valence-corrected chi connectivity index (χ0v) is 20.1. The van der Waals surface area contributed by atoms with Crippen molar-refractivity contribution in [3.8, 4) is 22.5 Å². The second-order valence-corrected chi connectivity index (χ2v) is 8.70. The van der Waals surface area contributed by atoms with E-state index in [-0.39, 0.29) is 35.3 Å². The molecule has 184 valence electrons. The molecule has 0 spiro atoms. The van der Waals surface area contributed by atoms with Gasteiger partial charge in [-0.25, -0.2) is 23.1 Å². The lowest BCUT2D eigenvalue weighted by atomic mass is 9.96. The van der Waals surface area contributed by atoms with Crippen LogP contribution in [0.2, 0.25) is 0 Å². The van der Waals surface area contributed by atoms with E-state index in [0.717, 1.165) is 35.7 Å². The largest absolute Gasteiger partial charge is 0.372 e. The Kier molecular flexibility index (Phi) is 6.91. The molecule has 2 aromatic heterocycles. The molecule has 10 heteroatoms. The molecule has 3 heterocycles. The van der Waals surface area contributed by atoms with Gasteiger partial charge in [0.25, 0.3) is 0 Å². The van der Waals surface area contributed by atoms with Gasteiger partial charge in [-0.15, -0.1) is 12.4 Å². The number of benzene rings is 2. The molecule has 0 aliphatic carbocycles. The van der Waals surface area contributed by atoms with E-state index in [1.807, 2.05) is 13.0 Å². The van der Waals surface area contributed by atoms with Gasteiger partial charge < -0.3 is 20.9 Å². The minimum atomic E-state index is -0.727. The van der Waals surface area contributed by atoms with E-state index in [9.17, 15) is 13.2 Å². The van der Waals surface area contributed by atoms with Crippen molar-refractivity contribution in [1.29, 1.82) is 0 Å². The molecule has 0 atom stereocenters. The number of piperidine rings is 1. The van der Waals surface area contributed by atoms with Crippen molar-refractivity contribution in [3.05, 3.63) is 59.5 Å². The molecule has 4 aromatic rings. The van der Waals surface area contributed by atoms with Crippen LogP contribution in [-0.2, 0) is 0 Å². The molecule has 0 radical (unpaired) electrons. The quantitative estimate of drug-likeness (QED) is 0.347. The Hall–Kier alpha value is -3.30. The number of imidazole rings is 1. The highest BCUT2D eigenvalue weighted by Crippen LogP contribution is 2.43. The van der Waals surface area contributed by atoms with Gasteiger partial charge in [-0.05, 0) is 43.0 Å². The summed E-state index contributed by atoms with van der Waals surface area (Å²) in [6.45, 7) is 3.21. The van der Waals surface area contributed by atoms with Crippen LogP contribution in [-0.4, -0.2) is 41.1 Å². The second kappa shape index (κ2) is 9.75. The van der Waals surface area contributed by atoms with Crippen molar-refractivity contribution < 1.29 is 13.2 Å². The third kappa shape index (κ3) is 4.66. The van der Waals surface area contributed by atoms with Crippen LogP contribution in [0.15, 0.2) is 36.5 Å². The Morgan fingerprint density at radius 3 is 2.46 bits per heavy atom. The minimum absolute atomic E-state index is 0. The molecule has 1 saturated heterocycles. The van der Waals surface area contributed by atoms with Crippen molar-refractivity contribution in [3.63, 3.8) is 0 Å². The number of rotatable bonds is 4. The molecular formula is C25H26ClF3N6. The van der Waals surface area contributed by atoms with Crippen LogP contribution in [0.5, 0.6) is 0 Å². The van der Waals surface area contributed by atoms with Crippen molar-refractivity contribution in [2.45, 2.75) is 25.8 Å². The topological polar surface area (TPSA) is 82.9 Å². The number of pyridine rings is 1. The van der Waals surface area contributed by atoms with Gasteiger partial charge in [-0.3, -0.25) is 0 Å². The maximum absolute atomic E-state index is 14.5. The van der Waals surface area contributed by atoms with Crippen LogP contribution in [0.25, 0.3) is 33.5 Å². The van der Waals surface area contributed by atoms with Gasteiger partial charge in [0.05, 0.1) is 16.8 Å². The molecule has 0 saturated carbocycles. The van der Waals surface area contributed by atoms with E-state index < -0.39 is 11.6 Å². The predicted octanol–water partition coefficient (Wildman–Crippen LogP) is 5.41. The Labute approximate surface area is 207 Å². The van der Waals surface area contributed by atoms with Crippen LogP contribution in [0.4, 0.5) is 24.7 Å². The lowest BCUT2D eigenvalue weighted by molar-refractivity contribution is 0.501. The zero-order valence-electron chi connectivity index (χ0n) is 19.3. The lowest BCUT2D eigenvalue weighted by Crippen LogP contribution is -2.40. The maximum Gasteiger partial charge on any atom is 0.151 e. The fraction of sp³-hybridized carbons (Fsp3) is 0.280. The predicted molar refractivity (Wildman–Crippen MR) is 136 cm³/mol. The first-order valence-electron chi connectivity index (χ1n) is 11.2. The van der Waals surface area contributed by atoms with Crippen LogP contribution >= 0.6 is 12.4 Å². The number of aromatic nitrogens is 3. The van der Waals surface area contributed by atoms with Crippen LogP contribution < -0.4 is 16.0 Å². The monoisotopic (exact) mass is 502 g/mol. The summed E-state index contributed by atoms with van der Waals surface area (Å²) in [6, 6.07) is 6.95. The van der Waals surface area contributed by atoms with Gasteiger partial charge in [-0.2, -0.15) is 0 Å². The average molecular weight is 503 g/mol. The number of hydrogen-bond acceptors (Lipinski definition) is 5. The third-order valence-corrected chi connectivity index (χ3v) is 6.24. The number of halogens is 4. The summed E-state index contributed by atoms with van der Waals surface area (Å²) in [5.74, 6) is -0.917. The molecule has 35 heavy (non-hydrogen) atoms. The Morgan fingerprint density at radius 1 is 1.06 bits per heavy atom. The fourth-order valence-corrected chi connectivity index (χ4v) is 4.63. The Balaban J connectivity index is 0.00000289. The normalized spacial score (nSPS) is 14.3. The van der Waals surface area contributed by atoms with Crippen molar-refractivity contribution >= 4 is 34.9 Å². The number of aryl methyl sites for hydroxylation is 1. The Bertz CT molecular complexity index is 1360. The first kappa shape index (κ1) is 24.8. The van der Waals surface area contributed by atoms with Gasteiger partial charge in [0.1, 0.15) is 28.8 Å². The van der Waals surface area contributed by atoms with Crippen LogP contribution in [0.1, 0.15) is 18.4 Å². The summed E-state index contributed by atoms with van der Waals surface area (Å²) in [7, 11) is 1.73. The summed E-state index contributed by atoms with van der Waals surface area (Å²) < 4.78 is 42.7. The van der Waals surface area contributed by atoms with Crippen LogP contribution in [0, 0.1) is 24.4 Å². The molecular weight excluding hydrogens is 477 g/mol. The van der Waals surface area contributed by atoms with Gasteiger partial charge in [0.2, 0.25) is 0 Å². The zero-order chi connectivity index (χ0) is 24.0. The molecule has 0 unspecified atom stereocenters. The standard InChI is InChI=1S/C25H25F3N6.ClH/c1-13-7-14(9-15(26)8-13)18-12-31-24(30-2)21(23(18)34-5-3-17(29)4-6-34)25-32-20-11-16(27)10-19(28)22(20)33-25;/h7-12,17H,3-6,29H2,1-2H3,(H,30,31)(H,32,33);1H. The van der Waals surface area contributed by atoms with E-state index in [0.29, 0.717) is 35.9 Å². The van der Waals surface area contributed by atoms with Gasteiger partial charge in [0, 0.05) is 50.1 Å².